The molecule has 0 aliphatic carbocycles. The second-order valence-electron chi connectivity index (χ2n) is 4.41. The Bertz CT molecular complexity index is 586. The summed E-state index contributed by atoms with van der Waals surface area (Å²) in [5.74, 6) is -0.209. The van der Waals surface area contributed by atoms with Gasteiger partial charge in [-0.2, -0.15) is 0 Å². The molecule has 4 nitrogen and oxygen atoms in total. The maximum absolute atomic E-state index is 10.9. The van der Waals surface area contributed by atoms with E-state index in [0.717, 1.165) is 24.1 Å². The number of carbonyl (C=O) groups excluding carboxylic acids is 2. The fourth-order valence-electron chi connectivity index (χ4n) is 1.68. The first kappa shape index (κ1) is 17.4. The maximum atomic E-state index is 10.9. The van der Waals surface area contributed by atoms with E-state index in [0.29, 0.717) is 5.56 Å². The number of hydrogen-bond acceptors (Lipinski definition) is 2. The van der Waals surface area contributed by atoms with Crippen molar-refractivity contribution < 1.29 is 9.59 Å². The highest BCUT2D eigenvalue weighted by atomic mass is 16.2. The number of β-lactam (4-membered cyclic amide) rings is 1. The van der Waals surface area contributed by atoms with Crippen LogP contribution in [0.2, 0.25) is 0 Å². The van der Waals surface area contributed by atoms with Gasteiger partial charge in [0, 0.05) is 18.5 Å². The molecule has 0 unspecified atom stereocenters. The van der Waals surface area contributed by atoms with Crippen LogP contribution in [0.3, 0.4) is 0 Å². The van der Waals surface area contributed by atoms with Gasteiger partial charge < -0.3 is 11.1 Å². The number of hydrogen-bond donors (Lipinski definition) is 2. The van der Waals surface area contributed by atoms with Crippen LogP contribution in [0, 0.1) is 0 Å². The Kier molecular flexibility index (Phi) is 7.40. The number of rotatable bonds is 2. The topological polar surface area (TPSA) is 72.2 Å². The fourth-order valence-corrected chi connectivity index (χ4v) is 1.68. The standard InChI is InChI=1S/C13H11NO.C3H5NO.C2H6/c14-13(15)12-8-6-11(7-9-12)10-4-2-1-3-5-10;5-3-1-2-4-3;1-2/h1-9H,(H2,14,15);1-2H2,(H,4,5);1-2H3. The van der Waals surface area contributed by atoms with E-state index >= 15 is 0 Å². The monoisotopic (exact) mass is 298 g/mol. The molecule has 1 aliphatic rings. The molecule has 0 atom stereocenters. The molecule has 0 bridgehead atoms. The van der Waals surface area contributed by atoms with E-state index in [1.165, 1.54) is 0 Å². The summed E-state index contributed by atoms with van der Waals surface area (Å²) in [6.07, 6.45) is 0.736. The summed E-state index contributed by atoms with van der Waals surface area (Å²) < 4.78 is 0. The quantitative estimate of drug-likeness (QED) is 0.837. The van der Waals surface area contributed by atoms with Gasteiger partial charge in [0.1, 0.15) is 0 Å². The van der Waals surface area contributed by atoms with E-state index in [4.69, 9.17) is 5.73 Å². The van der Waals surface area contributed by atoms with Crippen molar-refractivity contribution in [2.45, 2.75) is 20.3 Å². The summed E-state index contributed by atoms with van der Waals surface area (Å²) in [6, 6.07) is 17.3. The summed E-state index contributed by atoms with van der Waals surface area (Å²) in [6.45, 7) is 4.89. The molecule has 2 aromatic rings. The normalized spacial score (nSPS) is 11.6. The van der Waals surface area contributed by atoms with Gasteiger partial charge in [0.2, 0.25) is 11.8 Å². The highest BCUT2D eigenvalue weighted by molar-refractivity contribution is 5.93. The SMILES string of the molecule is CC.NC(=O)c1ccc(-c2ccccc2)cc1.O=C1CCN1. The summed E-state index contributed by atoms with van der Waals surface area (Å²) >= 11 is 0. The molecular formula is C18H22N2O2. The van der Waals surface area contributed by atoms with Crippen LogP contribution in [0.5, 0.6) is 0 Å². The minimum Gasteiger partial charge on any atom is -0.366 e. The van der Waals surface area contributed by atoms with Gasteiger partial charge in [-0.25, -0.2) is 0 Å². The lowest BCUT2D eigenvalue weighted by atomic mass is 10.0. The van der Waals surface area contributed by atoms with E-state index in [2.05, 4.69) is 5.32 Å². The second-order valence-corrected chi connectivity index (χ2v) is 4.41. The first-order chi connectivity index (χ1) is 10.7. The first-order valence-corrected chi connectivity index (χ1v) is 7.39. The lowest BCUT2D eigenvalue weighted by molar-refractivity contribution is -0.125. The van der Waals surface area contributed by atoms with Crippen LogP contribution in [0.1, 0.15) is 30.6 Å². The maximum Gasteiger partial charge on any atom is 0.248 e. The third-order valence-electron chi connectivity index (χ3n) is 2.95. The molecule has 0 radical (unpaired) electrons. The molecule has 22 heavy (non-hydrogen) atoms. The molecule has 0 spiro atoms. The lowest BCUT2D eigenvalue weighted by Gasteiger charge is -2.10. The van der Waals surface area contributed by atoms with Gasteiger partial charge in [0.25, 0.3) is 0 Å². The predicted octanol–water partition coefficient (Wildman–Crippen LogP) is 2.99. The fraction of sp³-hybridized carbons (Fsp3) is 0.222. The Morgan fingerprint density at radius 2 is 1.41 bits per heavy atom. The van der Waals surface area contributed by atoms with Crippen LogP contribution in [0.4, 0.5) is 0 Å². The molecule has 3 N–H and O–H groups in total. The van der Waals surface area contributed by atoms with E-state index < -0.39 is 5.91 Å². The Hall–Kier alpha value is -2.62. The average molecular weight is 298 g/mol. The summed E-state index contributed by atoms with van der Waals surface area (Å²) in [5.41, 5.74) is 7.92. The molecule has 116 valence electrons. The van der Waals surface area contributed by atoms with Gasteiger partial charge in [-0.3, -0.25) is 9.59 Å². The average Bonchev–Trinajstić information content (AvgIpc) is 2.56. The molecule has 4 heteroatoms. The molecule has 1 fully saturated rings. The molecule has 0 saturated carbocycles. The number of benzene rings is 2. The molecule has 2 amide bonds. The van der Waals surface area contributed by atoms with Crippen molar-refractivity contribution in [1.29, 1.82) is 0 Å². The minimum absolute atomic E-state index is 0.185. The van der Waals surface area contributed by atoms with Crippen molar-refractivity contribution in [3.63, 3.8) is 0 Å². The van der Waals surface area contributed by atoms with Crippen molar-refractivity contribution in [2.24, 2.45) is 5.73 Å². The Balaban J connectivity index is 0.000000289. The second kappa shape index (κ2) is 9.34. The molecule has 0 aromatic heterocycles. The number of nitrogens with one attached hydrogen (secondary N) is 1. The van der Waals surface area contributed by atoms with Crippen LogP contribution in [-0.4, -0.2) is 18.4 Å². The zero-order valence-corrected chi connectivity index (χ0v) is 13.0. The third kappa shape index (κ3) is 5.40. The number of nitrogens with two attached hydrogens (primary N) is 1. The van der Waals surface area contributed by atoms with Crippen LogP contribution >= 0.6 is 0 Å². The lowest BCUT2D eigenvalue weighted by Crippen LogP contribution is -2.37. The summed E-state index contributed by atoms with van der Waals surface area (Å²) in [5, 5.41) is 2.57. The molecular weight excluding hydrogens is 276 g/mol. The third-order valence-corrected chi connectivity index (χ3v) is 2.95. The zero-order valence-electron chi connectivity index (χ0n) is 13.0. The highest BCUT2D eigenvalue weighted by Crippen LogP contribution is 2.18. The summed E-state index contributed by atoms with van der Waals surface area (Å²) in [4.78, 5) is 20.7. The number of primary amides is 1. The molecule has 2 aromatic carbocycles. The Morgan fingerprint density at radius 1 is 0.955 bits per heavy atom. The molecule has 1 heterocycles. The van der Waals surface area contributed by atoms with Gasteiger partial charge in [0.15, 0.2) is 0 Å². The van der Waals surface area contributed by atoms with Gasteiger partial charge in [-0.05, 0) is 23.3 Å². The van der Waals surface area contributed by atoms with Gasteiger partial charge in [-0.15, -0.1) is 0 Å². The largest absolute Gasteiger partial charge is 0.366 e. The molecule has 3 rings (SSSR count). The zero-order chi connectivity index (χ0) is 16.4. The van der Waals surface area contributed by atoms with Crippen molar-refractivity contribution in [3.8, 4) is 11.1 Å². The molecule has 1 aliphatic heterocycles. The van der Waals surface area contributed by atoms with Crippen LogP contribution in [0.25, 0.3) is 11.1 Å². The number of amides is 2. The van der Waals surface area contributed by atoms with Crippen LogP contribution in [0.15, 0.2) is 54.6 Å². The summed E-state index contributed by atoms with van der Waals surface area (Å²) in [7, 11) is 0. The Morgan fingerprint density at radius 3 is 1.77 bits per heavy atom. The Labute approximate surface area is 131 Å². The van der Waals surface area contributed by atoms with Gasteiger partial charge in [0.05, 0.1) is 0 Å². The highest BCUT2D eigenvalue weighted by Gasteiger charge is 2.07. The minimum atomic E-state index is -0.394. The number of carbonyl (C=O) groups is 2. The van der Waals surface area contributed by atoms with E-state index in [-0.39, 0.29) is 5.91 Å². The van der Waals surface area contributed by atoms with E-state index in [9.17, 15) is 9.59 Å². The van der Waals surface area contributed by atoms with Gasteiger partial charge >= 0.3 is 0 Å². The van der Waals surface area contributed by atoms with Crippen molar-refractivity contribution in [2.75, 3.05) is 6.54 Å². The van der Waals surface area contributed by atoms with Gasteiger partial charge in [-0.1, -0.05) is 56.3 Å². The predicted molar refractivity (Wildman–Crippen MR) is 89.4 cm³/mol. The molecule has 1 saturated heterocycles. The van der Waals surface area contributed by atoms with Crippen LogP contribution in [-0.2, 0) is 4.79 Å². The van der Waals surface area contributed by atoms with Crippen molar-refractivity contribution in [1.82, 2.24) is 5.32 Å². The smallest absolute Gasteiger partial charge is 0.248 e. The van der Waals surface area contributed by atoms with Crippen LogP contribution < -0.4 is 11.1 Å². The first-order valence-electron chi connectivity index (χ1n) is 7.39. The van der Waals surface area contributed by atoms with Crippen molar-refractivity contribution >= 4 is 11.8 Å². The van der Waals surface area contributed by atoms with E-state index in [1.54, 1.807) is 12.1 Å². The van der Waals surface area contributed by atoms with E-state index in [1.807, 2.05) is 56.3 Å². The van der Waals surface area contributed by atoms with Crippen molar-refractivity contribution in [3.05, 3.63) is 60.2 Å².